The number of rotatable bonds is 4. The first-order valence-electron chi connectivity index (χ1n) is 11.7. The second-order valence-electron chi connectivity index (χ2n) is 9.15. The maximum Gasteiger partial charge on any atom is 0.407 e. The lowest BCUT2D eigenvalue weighted by Crippen LogP contribution is -2.45. The van der Waals surface area contributed by atoms with Crippen molar-refractivity contribution in [1.29, 1.82) is 0 Å². The molecule has 2 heterocycles. The first-order chi connectivity index (χ1) is 17.0. The number of hydrogen-bond donors (Lipinski definition) is 2. The van der Waals surface area contributed by atoms with E-state index in [2.05, 4.69) is 29.3 Å². The Labute approximate surface area is 203 Å². The third kappa shape index (κ3) is 4.24. The maximum atomic E-state index is 12.5. The summed E-state index contributed by atoms with van der Waals surface area (Å²) >= 11 is 0. The van der Waals surface area contributed by atoms with Gasteiger partial charge < -0.3 is 24.8 Å². The molecule has 2 atom stereocenters. The van der Waals surface area contributed by atoms with Gasteiger partial charge in [0, 0.05) is 31.5 Å². The van der Waals surface area contributed by atoms with E-state index in [0.29, 0.717) is 26.2 Å². The van der Waals surface area contributed by atoms with Crippen LogP contribution in [0.2, 0.25) is 0 Å². The molecule has 2 fully saturated rings. The van der Waals surface area contributed by atoms with E-state index in [1.165, 1.54) is 4.90 Å². The van der Waals surface area contributed by atoms with Gasteiger partial charge >= 0.3 is 12.1 Å². The number of nitrogens with zero attached hydrogens (tertiary/aromatic N) is 1. The second-order valence-corrected chi connectivity index (χ2v) is 9.15. The van der Waals surface area contributed by atoms with Crippen LogP contribution in [-0.4, -0.2) is 67.4 Å². The highest BCUT2D eigenvalue weighted by molar-refractivity contribution is 5.94. The van der Waals surface area contributed by atoms with E-state index in [1.54, 1.807) is 0 Å². The summed E-state index contributed by atoms with van der Waals surface area (Å²) in [5.41, 5.74) is 3.60. The van der Waals surface area contributed by atoms with Gasteiger partial charge in [0.05, 0.1) is 18.6 Å². The van der Waals surface area contributed by atoms with Crippen molar-refractivity contribution in [3.05, 3.63) is 59.7 Å². The minimum Gasteiger partial charge on any atom is -0.481 e. The van der Waals surface area contributed by atoms with E-state index in [0.717, 1.165) is 22.3 Å². The summed E-state index contributed by atoms with van der Waals surface area (Å²) in [6.07, 6.45) is -0.226. The van der Waals surface area contributed by atoms with Crippen LogP contribution in [0.1, 0.15) is 23.5 Å². The summed E-state index contributed by atoms with van der Waals surface area (Å²) in [5, 5.41) is 12.3. The van der Waals surface area contributed by atoms with E-state index in [4.69, 9.17) is 9.47 Å². The number of carboxylic acids is 1. The lowest BCUT2D eigenvalue weighted by Gasteiger charge is -2.33. The smallest absolute Gasteiger partial charge is 0.407 e. The fourth-order valence-corrected chi connectivity index (χ4v) is 5.42. The molecule has 5 rings (SSSR count). The van der Waals surface area contributed by atoms with Gasteiger partial charge in [-0.3, -0.25) is 9.59 Å². The number of ether oxygens (including phenoxy) is 2. The number of carbonyl (C=O) groups is 3. The summed E-state index contributed by atoms with van der Waals surface area (Å²) in [7, 11) is 0. The molecule has 0 spiro atoms. The lowest BCUT2D eigenvalue weighted by atomic mass is 9.74. The van der Waals surface area contributed by atoms with Crippen LogP contribution in [0.3, 0.4) is 0 Å². The Kier molecular flexibility index (Phi) is 6.18. The van der Waals surface area contributed by atoms with Gasteiger partial charge in [-0.1, -0.05) is 54.5 Å². The maximum absolute atomic E-state index is 12.5. The van der Waals surface area contributed by atoms with Gasteiger partial charge in [-0.15, -0.1) is 0 Å². The van der Waals surface area contributed by atoms with Crippen LogP contribution in [0.5, 0.6) is 0 Å². The number of nitrogens with one attached hydrogen (secondary N) is 1. The van der Waals surface area contributed by atoms with Gasteiger partial charge in [-0.25, -0.2) is 4.79 Å². The molecular formula is C27H26N2O6. The van der Waals surface area contributed by atoms with Crippen LogP contribution < -0.4 is 5.32 Å². The van der Waals surface area contributed by atoms with Crippen molar-refractivity contribution in [2.24, 2.45) is 11.3 Å². The molecule has 3 aliphatic rings. The molecule has 2 aromatic carbocycles. The molecule has 2 aromatic rings. The van der Waals surface area contributed by atoms with Crippen molar-refractivity contribution in [3.63, 3.8) is 0 Å². The fourth-order valence-electron chi connectivity index (χ4n) is 5.42. The molecule has 0 bridgehead atoms. The predicted octanol–water partition coefficient (Wildman–Crippen LogP) is 2.48. The normalized spacial score (nSPS) is 22.3. The molecule has 2 aliphatic heterocycles. The zero-order valence-electron chi connectivity index (χ0n) is 19.2. The molecule has 1 aliphatic carbocycles. The monoisotopic (exact) mass is 474 g/mol. The fraction of sp³-hybridized carbons (Fsp3) is 0.370. The van der Waals surface area contributed by atoms with E-state index in [-0.39, 0.29) is 31.5 Å². The third-order valence-corrected chi connectivity index (χ3v) is 7.28. The average Bonchev–Trinajstić information content (AvgIpc) is 3.43. The molecule has 8 heteroatoms. The summed E-state index contributed by atoms with van der Waals surface area (Å²) < 4.78 is 10.9. The Morgan fingerprint density at radius 1 is 1.11 bits per heavy atom. The van der Waals surface area contributed by atoms with E-state index in [1.807, 2.05) is 36.4 Å². The molecule has 35 heavy (non-hydrogen) atoms. The number of benzene rings is 2. The molecule has 8 nitrogen and oxygen atoms in total. The van der Waals surface area contributed by atoms with Crippen molar-refractivity contribution in [1.82, 2.24) is 10.2 Å². The first-order valence-corrected chi connectivity index (χ1v) is 11.7. The van der Waals surface area contributed by atoms with Gasteiger partial charge in [0.1, 0.15) is 6.61 Å². The number of fused-ring (bicyclic) bond motifs is 4. The average molecular weight is 475 g/mol. The molecule has 0 saturated carbocycles. The van der Waals surface area contributed by atoms with Crippen molar-refractivity contribution in [2.45, 2.75) is 12.3 Å². The van der Waals surface area contributed by atoms with Crippen LogP contribution in [0.15, 0.2) is 48.5 Å². The van der Waals surface area contributed by atoms with Crippen LogP contribution in [0.25, 0.3) is 11.1 Å². The molecule has 0 aromatic heterocycles. The summed E-state index contributed by atoms with van der Waals surface area (Å²) in [6.45, 7) is 1.28. The number of aliphatic carboxylic acids is 1. The Balaban J connectivity index is 1.13. The van der Waals surface area contributed by atoms with E-state index in [9.17, 15) is 19.5 Å². The highest BCUT2D eigenvalue weighted by Gasteiger charge is 2.54. The predicted molar refractivity (Wildman–Crippen MR) is 126 cm³/mol. The molecule has 180 valence electrons. The van der Waals surface area contributed by atoms with Crippen LogP contribution in [0, 0.1) is 23.2 Å². The number of likely N-dealkylation sites (tertiary alicyclic amines) is 1. The summed E-state index contributed by atoms with van der Waals surface area (Å²) in [4.78, 5) is 38.1. The molecule has 2 unspecified atom stereocenters. The number of hydrogen-bond acceptors (Lipinski definition) is 5. The molecule has 0 radical (unpaired) electrons. The summed E-state index contributed by atoms with van der Waals surface area (Å²) in [5.74, 6) is 3.52. The largest absolute Gasteiger partial charge is 0.481 e. The highest BCUT2D eigenvalue weighted by Crippen LogP contribution is 2.44. The van der Waals surface area contributed by atoms with Crippen molar-refractivity contribution in [3.8, 4) is 23.0 Å². The van der Waals surface area contributed by atoms with Crippen LogP contribution in [0.4, 0.5) is 4.79 Å². The molecule has 2 saturated heterocycles. The van der Waals surface area contributed by atoms with Crippen molar-refractivity contribution >= 4 is 18.0 Å². The standard InChI is InChI=1S/C27H26N2O6/c30-24(29-14-18-15-34-13-11-27(18,17-29)25(31)32)10-5-12-28-26(33)35-16-23-21-8-3-1-6-19(21)20-7-2-4-9-22(20)23/h1-4,6-9,18,23H,11-17H2,(H,28,33)(H,31,32). The SMILES string of the molecule is O=C(NCC#CC(=O)N1CC2COCCC2(C(=O)O)C1)OCC1c2ccccc2-c2ccccc21. The quantitative estimate of drug-likeness (QED) is 0.660. The highest BCUT2D eigenvalue weighted by atomic mass is 16.5. The number of amides is 2. The van der Waals surface area contributed by atoms with Crippen LogP contribution >= 0.6 is 0 Å². The number of carboxylic acid groups (broad SMARTS) is 1. The van der Waals surface area contributed by atoms with Gasteiger partial charge in [-0.05, 0) is 34.6 Å². The topological polar surface area (TPSA) is 105 Å². The Morgan fingerprint density at radius 2 is 1.80 bits per heavy atom. The minimum atomic E-state index is -0.963. The minimum absolute atomic E-state index is 0.0370. The molecular weight excluding hydrogens is 448 g/mol. The van der Waals surface area contributed by atoms with Crippen molar-refractivity contribution < 1.29 is 29.0 Å². The first kappa shape index (κ1) is 22.9. The summed E-state index contributed by atoms with van der Waals surface area (Å²) in [6, 6.07) is 16.2. The second kappa shape index (κ2) is 9.43. The molecule has 2 N–H and O–H groups in total. The van der Waals surface area contributed by atoms with Gasteiger partial charge in [-0.2, -0.15) is 0 Å². The lowest BCUT2D eigenvalue weighted by molar-refractivity contribution is -0.157. The van der Waals surface area contributed by atoms with Crippen LogP contribution in [-0.2, 0) is 19.1 Å². The third-order valence-electron chi connectivity index (χ3n) is 7.28. The van der Waals surface area contributed by atoms with Crippen molar-refractivity contribution in [2.75, 3.05) is 39.5 Å². The van der Waals surface area contributed by atoms with E-state index >= 15 is 0 Å². The zero-order valence-corrected chi connectivity index (χ0v) is 19.2. The Morgan fingerprint density at radius 3 is 2.46 bits per heavy atom. The molecule has 2 amide bonds. The Hall–Kier alpha value is -3.83. The number of alkyl carbamates (subject to hydrolysis) is 1. The zero-order chi connectivity index (χ0) is 24.4. The Bertz CT molecular complexity index is 1190. The van der Waals surface area contributed by atoms with Gasteiger partial charge in [0.2, 0.25) is 0 Å². The number of carbonyl (C=O) groups excluding carboxylic acids is 2. The van der Waals surface area contributed by atoms with E-state index < -0.39 is 23.4 Å². The van der Waals surface area contributed by atoms with Gasteiger partial charge in [0.25, 0.3) is 5.91 Å². The van der Waals surface area contributed by atoms with Gasteiger partial charge in [0.15, 0.2) is 0 Å².